The average molecular weight is 763 g/mol. The van der Waals surface area contributed by atoms with E-state index in [-0.39, 0.29) is 0 Å². The van der Waals surface area contributed by atoms with Crippen LogP contribution in [0.3, 0.4) is 0 Å². The standard InChI is InChI=1S/C56H42OS/c1-38(29-34-44-35-43-33-32-42-36-53-51(37-50(42)56(43)57-44)45-23-17-18-28-52(45)58-53)39-19-9-7-8-12-22-41(31-30-39)55-48-26-15-13-24-46(48)54(47-25-14-16-27-49(47)55)40-20-10-5-3-2-4-6-11-21-40/h2-3,5-19,21-34,36-37H,4,20,35H2,1H3/b3-2-,8-7?,9-7?,10-5-,11-6-,12-8?,19-9?,22-12?,31-30?,38-29+,39-19?,39-30?,40-21?,41-22?,41-31?,44-34+. The molecule has 0 bridgehead atoms. The van der Waals surface area contributed by atoms with Crippen LogP contribution in [0.15, 0.2) is 206 Å². The van der Waals surface area contributed by atoms with Gasteiger partial charge in [0.1, 0.15) is 11.5 Å². The summed E-state index contributed by atoms with van der Waals surface area (Å²) < 4.78 is 9.28. The molecule has 1 aromatic heterocycles. The van der Waals surface area contributed by atoms with Crippen LogP contribution in [0.25, 0.3) is 74.8 Å². The van der Waals surface area contributed by atoms with E-state index in [0.717, 1.165) is 41.9 Å². The molecule has 0 amide bonds. The van der Waals surface area contributed by atoms with Gasteiger partial charge in [0.15, 0.2) is 0 Å². The van der Waals surface area contributed by atoms with Crippen LogP contribution in [0.1, 0.15) is 36.5 Å². The Hall–Kier alpha value is -6.74. The van der Waals surface area contributed by atoms with Gasteiger partial charge >= 0.3 is 0 Å². The SMILES string of the molecule is C/C(=C\C=C1/Cc2ccc3cc4sc5ccccc5c4cc3c2O1)c1ccccccc(-c2c3ccccc3c(C3=C/C=C\C/C=C\C=C/C3)c3ccccc23)cc1. The zero-order valence-electron chi connectivity index (χ0n) is 32.5. The Kier molecular flexibility index (Phi) is 9.63. The minimum absolute atomic E-state index is 0.778. The van der Waals surface area contributed by atoms with Gasteiger partial charge in [-0.05, 0) is 104 Å². The summed E-state index contributed by atoms with van der Waals surface area (Å²) in [5, 5.41) is 10.0. The van der Waals surface area contributed by atoms with Gasteiger partial charge in [-0.25, -0.2) is 0 Å². The molecule has 0 saturated heterocycles. The second-order valence-electron chi connectivity index (χ2n) is 15.1. The van der Waals surface area contributed by atoms with Crippen molar-refractivity contribution in [1.29, 1.82) is 0 Å². The van der Waals surface area contributed by atoms with E-state index in [9.17, 15) is 0 Å². The highest BCUT2D eigenvalue weighted by Crippen LogP contribution is 2.44. The van der Waals surface area contributed by atoms with Crippen LogP contribution in [-0.2, 0) is 6.42 Å². The van der Waals surface area contributed by atoms with E-state index in [1.807, 2.05) is 11.3 Å². The molecule has 1 aliphatic carbocycles. The van der Waals surface area contributed by atoms with Gasteiger partial charge in [0, 0.05) is 37.5 Å². The number of hydrogen-bond acceptors (Lipinski definition) is 2. The third-order valence-corrected chi connectivity index (χ3v) is 12.6. The van der Waals surface area contributed by atoms with Crippen LogP contribution in [0.4, 0.5) is 0 Å². The molecule has 0 atom stereocenters. The molecule has 0 fully saturated rings. The zero-order valence-corrected chi connectivity index (χ0v) is 33.3. The lowest BCUT2D eigenvalue weighted by molar-refractivity contribution is 0.451. The molecule has 8 aromatic rings. The van der Waals surface area contributed by atoms with Crippen LogP contribution in [0.2, 0.25) is 0 Å². The highest BCUT2D eigenvalue weighted by Gasteiger charge is 2.21. The molecule has 0 radical (unpaired) electrons. The van der Waals surface area contributed by atoms with E-state index in [2.05, 4.69) is 207 Å². The van der Waals surface area contributed by atoms with Gasteiger partial charge in [0.25, 0.3) is 0 Å². The zero-order chi connectivity index (χ0) is 38.8. The molecule has 1 aliphatic heterocycles. The van der Waals surface area contributed by atoms with E-state index >= 15 is 0 Å². The second kappa shape index (κ2) is 15.7. The Balaban J connectivity index is 1.04. The predicted octanol–water partition coefficient (Wildman–Crippen LogP) is 16.1. The maximum atomic E-state index is 6.65. The second-order valence-corrected chi connectivity index (χ2v) is 16.2. The van der Waals surface area contributed by atoms with Gasteiger partial charge in [-0.1, -0.05) is 176 Å². The molecule has 2 heterocycles. The fourth-order valence-corrected chi connectivity index (χ4v) is 9.70. The lowest BCUT2D eigenvalue weighted by Crippen LogP contribution is -1.93. The summed E-state index contributed by atoms with van der Waals surface area (Å²) in [6, 6.07) is 53.1. The molecule has 0 spiro atoms. The lowest BCUT2D eigenvalue weighted by atomic mass is 9.85. The number of ether oxygens (including phenoxy) is 1. The van der Waals surface area contributed by atoms with Crippen LogP contribution >= 0.6 is 11.3 Å². The minimum Gasteiger partial charge on any atom is -0.460 e. The Bertz CT molecular complexity index is 3120. The van der Waals surface area contributed by atoms with E-state index in [0.29, 0.717) is 0 Å². The molecule has 7 aromatic carbocycles. The van der Waals surface area contributed by atoms with Gasteiger partial charge in [0.2, 0.25) is 0 Å². The van der Waals surface area contributed by atoms with Crippen LogP contribution in [0, 0.1) is 0 Å². The molecular weight excluding hydrogens is 721 g/mol. The van der Waals surface area contributed by atoms with E-state index in [4.69, 9.17) is 4.74 Å². The topological polar surface area (TPSA) is 9.23 Å². The first-order valence-electron chi connectivity index (χ1n) is 20.2. The Morgan fingerprint density at radius 2 is 1.26 bits per heavy atom. The summed E-state index contributed by atoms with van der Waals surface area (Å²) in [6.07, 6.45) is 22.5. The molecule has 0 N–H and O–H groups in total. The summed E-state index contributed by atoms with van der Waals surface area (Å²) in [5.74, 6) is 1.95. The molecule has 0 saturated carbocycles. The van der Waals surface area contributed by atoms with Crippen LogP contribution in [-0.4, -0.2) is 0 Å². The largest absolute Gasteiger partial charge is 0.460 e. The van der Waals surface area contributed by atoms with Crippen molar-refractivity contribution in [1.82, 2.24) is 0 Å². The number of thiophene rings is 1. The number of allylic oxidation sites excluding steroid dienone is 12. The highest BCUT2D eigenvalue weighted by molar-refractivity contribution is 7.25. The summed E-state index contributed by atoms with van der Waals surface area (Å²) in [4.78, 5) is 0. The van der Waals surface area contributed by atoms with Gasteiger partial charge in [-0.3, -0.25) is 0 Å². The monoisotopic (exact) mass is 762 g/mol. The fraction of sp³-hybridized carbons (Fsp3) is 0.0714. The molecule has 2 aliphatic rings. The van der Waals surface area contributed by atoms with Gasteiger partial charge < -0.3 is 4.74 Å². The van der Waals surface area contributed by atoms with Crippen molar-refractivity contribution in [2.75, 3.05) is 0 Å². The Morgan fingerprint density at radius 3 is 2.07 bits per heavy atom. The van der Waals surface area contributed by atoms with E-state index in [1.54, 1.807) is 0 Å². The number of rotatable bonds is 4. The minimum atomic E-state index is 0.778. The normalized spacial score (nSPS) is 16.6. The molecule has 0 unspecified atom stereocenters. The quantitative estimate of drug-likeness (QED) is 0.162. The first kappa shape index (κ1) is 35.7. The summed E-state index contributed by atoms with van der Waals surface area (Å²) >= 11 is 1.86. The third-order valence-electron chi connectivity index (χ3n) is 11.4. The Labute approximate surface area is 343 Å². The maximum Gasteiger partial charge on any atom is 0.138 e. The maximum absolute atomic E-state index is 6.65. The van der Waals surface area contributed by atoms with Crippen molar-refractivity contribution in [3.63, 3.8) is 0 Å². The summed E-state index contributed by atoms with van der Waals surface area (Å²) in [5.41, 5.74) is 8.58. The first-order valence-corrected chi connectivity index (χ1v) is 21.0. The highest BCUT2D eigenvalue weighted by atomic mass is 32.1. The van der Waals surface area contributed by atoms with E-state index in [1.165, 1.54) is 80.3 Å². The number of fused-ring (bicyclic) bond motifs is 8. The van der Waals surface area contributed by atoms with Crippen LogP contribution in [0.5, 0.6) is 5.75 Å². The van der Waals surface area contributed by atoms with Crippen molar-refractivity contribution in [2.24, 2.45) is 0 Å². The average Bonchev–Trinajstić information content (AvgIpc) is 3.86. The van der Waals surface area contributed by atoms with Gasteiger partial charge in [-0.2, -0.15) is 0 Å². The van der Waals surface area contributed by atoms with Crippen LogP contribution < -0.4 is 4.74 Å². The van der Waals surface area contributed by atoms with Gasteiger partial charge in [-0.15, -0.1) is 11.3 Å². The first-order chi connectivity index (χ1) is 28.7. The lowest BCUT2D eigenvalue weighted by Gasteiger charge is -2.18. The Morgan fingerprint density at radius 1 is 0.569 bits per heavy atom. The molecule has 1 nitrogen and oxygen atoms in total. The molecule has 2 heteroatoms. The summed E-state index contributed by atoms with van der Waals surface area (Å²) in [7, 11) is 0. The van der Waals surface area contributed by atoms with Gasteiger partial charge in [0.05, 0.1) is 0 Å². The smallest absolute Gasteiger partial charge is 0.138 e. The fourth-order valence-electron chi connectivity index (χ4n) is 8.56. The molecule has 58 heavy (non-hydrogen) atoms. The van der Waals surface area contributed by atoms with Crippen molar-refractivity contribution in [3.8, 4) is 16.9 Å². The molecule has 10 rings (SSSR count). The third kappa shape index (κ3) is 6.76. The number of benzene rings is 6. The predicted molar refractivity (Wildman–Crippen MR) is 252 cm³/mol. The molecule has 278 valence electrons. The van der Waals surface area contributed by atoms with Crippen molar-refractivity contribution in [3.05, 3.63) is 223 Å². The van der Waals surface area contributed by atoms with E-state index < -0.39 is 0 Å². The summed E-state index contributed by atoms with van der Waals surface area (Å²) in [6.45, 7) is 2.19. The molecular formula is C56H42OS. The van der Waals surface area contributed by atoms with Crippen molar-refractivity contribution < 1.29 is 4.74 Å². The van der Waals surface area contributed by atoms with Crippen molar-refractivity contribution in [2.45, 2.75) is 26.2 Å². The number of hydrogen-bond donors (Lipinski definition) is 0. The van der Waals surface area contributed by atoms with Crippen molar-refractivity contribution >= 4 is 75.0 Å².